The molecule has 142 valence electrons. The molecule has 1 aromatic heterocycles. The number of sulfonamides is 1. The van der Waals surface area contributed by atoms with Crippen molar-refractivity contribution in [1.82, 2.24) is 14.9 Å². The molecule has 1 amide bonds. The van der Waals surface area contributed by atoms with Crippen LogP contribution < -0.4 is 10.0 Å². The van der Waals surface area contributed by atoms with Crippen molar-refractivity contribution < 1.29 is 13.2 Å². The van der Waals surface area contributed by atoms with E-state index in [1.54, 1.807) is 25.2 Å². The lowest BCUT2D eigenvalue weighted by molar-refractivity contribution is 0.0942. The summed E-state index contributed by atoms with van der Waals surface area (Å²) in [5, 5.41) is 4.93. The Morgan fingerprint density at radius 2 is 1.81 bits per heavy atom. The van der Waals surface area contributed by atoms with Gasteiger partial charge in [-0.15, -0.1) is 11.3 Å². The molecular weight excluding hydrogens is 370 g/mol. The van der Waals surface area contributed by atoms with Gasteiger partial charge >= 0.3 is 0 Å². The van der Waals surface area contributed by atoms with Gasteiger partial charge in [0.2, 0.25) is 10.0 Å². The molecule has 0 spiro atoms. The highest BCUT2D eigenvalue weighted by Gasteiger charge is 2.18. The molecule has 1 heterocycles. The fourth-order valence-electron chi connectivity index (χ4n) is 2.47. The number of hydrogen-bond acceptors (Lipinski definition) is 5. The van der Waals surface area contributed by atoms with E-state index in [2.05, 4.69) is 14.9 Å². The Labute approximate surface area is 159 Å². The van der Waals surface area contributed by atoms with E-state index in [4.69, 9.17) is 0 Å². The van der Waals surface area contributed by atoms with Gasteiger partial charge in [-0.2, -0.15) is 0 Å². The number of carbonyl (C=O) groups is 1. The topological polar surface area (TPSA) is 78.5 Å². The van der Waals surface area contributed by atoms with E-state index >= 15 is 0 Å². The van der Waals surface area contributed by atoms with E-state index in [1.807, 2.05) is 31.6 Å². The Morgan fingerprint density at radius 1 is 1.15 bits per heavy atom. The maximum absolute atomic E-state index is 12.4. The highest BCUT2D eigenvalue weighted by molar-refractivity contribution is 7.89. The average molecular weight is 396 g/mol. The predicted molar refractivity (Wildman–Crippen MR) is 105 cm³/mol. The first kappa shape index (κ1) is 20.6. The lowest BCUT2D eigenvalue weighted by Crippen LogP contribution is -2.34. The summed E-state index contributed by atoms with van der Waals surface area (Å²) in [4.78, 5) is 15.8. The number of amides is 1. The zero-order valence-corrected chi connectivity index (χ0v) is 17.0. The van der Waals surface area contributed by atoms with E-state index in [-0.39, 0.29) is 22.9 Å². The molecule has 0 radical (unpaired) electrons. The molecule has 1 aromatic carbocycles. The Balaban J connectivity index is 2.04. The van der Waals surface area contributed by atoms with Crippen LogP contribution in [0.3, 0.4) is 0 Å². The van der Waals surface area contributed by atoms with E-state index in [9.17, 15) is 13.2 Å². The van der Waals surface area contributed by atoms with Crippen molar-refractivity contribution in [3.63, 3.8) is 0 Å². The van der Waals surface area contributed by atoms with Gasteiger partial charge < -0.3 is 10.2 Å². The number of nitrogens with zero attached hydrogens (tertiary/aromatic N) is 1. The van der Waals surface area contributed by atoms with Crippen LogP contribution in [-0.4, -0.2) is 45.9 Å². The van der Waals surface area contributed by atoms with Crippen LogP contribution in [0.15, 0.2) is 46.7 Å². The van der Waals surface area contributed by atoms with Crippen LogP contribution >= 0.6 is 11.3 Å². The molecule has 0 bridgehead atoms. The van der Waals surface area contributed by atoms with Gasteiger partial charge in [-0.05, 0) is 63.7 Å². The van der Waals surface area contributed by atoms with Gasteiger partial charge in [0.1, 0.15) is 0 Å². The van der Waals surface area contributed by atoms with Gasteiger partial charge in [0.05, 0.1) is 10.9 Å². The maximum atomic E-state index is 12.4. The van der Waals surface area contributed by atoms with E-state index in [1.165, 1.54) is 29.1 Å². The number of hydrogen-bond donors (Lipinski definition) is 2. The third kappa shape index (κ3) is 5.38. The summed E-state index contributed by atoms with van der Waals surface area (Å²) in [7, 11) is 0.385. The molecule has 0 saturated heterocycles. The molecule has 8 heteroatoms. The quantitative estimate of drug-likeness (QED) is 0.720. The Hall–Kier alpha value is -1.74. The van der Waals surface area contributed by atoms with Gasteiger partial charge in [0.15, 0.2) is 0 Å². The molecule has 0 fully saturated rings. The first-order valence-electron chi connectivity index (χ1n) is 8.31. The summed E-state index contributed by atoms with van der Waals surface area (Å²) in [6, 6.07) is 9.88. The molecule has 2 aromatic rings. The highest BCUT2D eigenvalue weighted by atomic mass is 32.2. The lowest BCUT2D eigenvalue weighted by atomic mass is 10.2. The first-order chi connectivity index (χ1) is 12.2. The van der Waals surface area contributed by atoms with Gasteiger partial charge in [-0.25, -0.2) is 13.1 Å². The second-order valence-electron chi connectivity index (χ2n) is 6.51. The van der Waals surface area contributed by atoms with Crippen molar-refractivity contribution in [1.29, 1.82) is 0 Å². The monoisotopic (exact) mass is 395 g/mol. The lowest BCUT2D eigenvalue weighted by Gasteiger charge is -2.23. The van der Waals surface area contributed by atoms with Gasteiger partial charge in [0, 0.05) is 23.0 Å². The molecule has 0 aliphatic rings. The number of carbonyl (C=O) groups excluding carboxylic acids is 1. The second kappa shape index (κ2) is 8.77. The fourth-order valence-corrected chi connectivity index (χ4v) is 4.65. The predicted octanol–water partition coefficient (Wildman–Crippen LogP) is 2.47. The average Bonchev–Trinajstić information content (AvgIpc) is 3.07. The van der Waals surface area contributed by atoms with Crippen molar-refractivity contribution in [2.75, 3.05) is 20.6 Å². The van der Waals surface area contributed by atoms with E-state index < -0.39 is 10.0 Å². The summed E-state index contributed by atoms with van der Waals surface area (Å²) < 4.78 is 26.8. The molecule has 1 atom stereocenters. The van der Waals surface area contributed by atoms with Crippen LogP contribution in [0.25, 0.3) is 0 Å². The van der Waals surface area contributed by atoms with Gasteiger partial charge in [-0.3, -0.25) is 4.79 Å². The normalized spacial score (nSPS) is 13.2. The minimum absolute atomic E-state index is 0.0915. The van der Waals surface area contributed by atoms with Crippen LogP contribution in [0.4, 0.5) is 0 Å². The minimum atomic E-state index is -3.56. The summed E-state index contributed by atoms with van der Waals surface area (Å²) in [6.45, 7) is 3.99. The van der Waals surface area contributed by atoms with Crippen LogP contribution in [0.5, 0.6) is 0 Å². The maximum Gasteiger partial charge on any atom is 0.251 e. The molecule has 0 saturated carbocycles. The number of benzene rings is 1. The molecule has 2 rings (SSSR count). The van der Waals surface area contributed by atoms with Crippen molar-refractivity contribution in [2.24, 2.45) is 0 Å². The number of likely N-dealkylation sites (N-methyl/N-ethyl adjacent to an activating group) is 1. The van der Waals surface area contributed by atoms with Crippen molar-refractivity contribution in [3.8, 4) is 0 Å². The highest BCUT2D eigenvalue weighted by Crippen LogP contribution is 2.22. The minimum Gasteiger partial charge on any atom is -0.350 e. The standard InChI is InChI=1S/C18H25N3O3S2/c1-13(2)20-26(23,24)15-9-7-14(8-10-15)18(22)19-12-16(21(3)4)17-6-5-11-25-17/h5-11,13,16,20H,12H2,1-4H3,(H,19,22). The first-order valence-corrected chi connectivity index (χ1v) is 10.7. The van der Waals surface area contributed by atoms with Gasteiger partial charge in [-0.1, -0.05) is 6.07 Å². The van der Waals surface area contributed by atoms with E-state index in [0.29, 0.717) is 12.1 Å². The molecule has 26 heavy (non-hydrogen) atoms. The van der Waals surface area contributed by atoms with Crippen molar-refractivity contribution in [2.45, 2.75) is 30.8 Å². The van der Waals surface area contributed by atoms with Crippen molar-refractivity contribution >= 4 is 27.3 Å². The molecule has 6 nitrogen and oxygen atoms in total. The van der Waals surface area contributed by atoms with Crippen LogP contribution in [0.2, 0.25) is 0 Å². The summed E-state index contributed by atoms with van der Waals surface area (Å²) in [6.07, 6.45) is 0. The van der Waals surface area contributed by atoms with Crippen LogP contribution in [0, 0.1) is 0 Å². The van der Waals surface area contributed by atoms with E-state index in [0.717, 1.165) is 0 Å². The Bertz CT molecular complexity index is 814. The second-order valence-corrected chi connectivity index (χ2v) is 9.20. The third-order valence-corrected chi connectivity index (χ3v) is 6.42. The van der Waals surface area contributed by atoms with Crippen LogP contribution in [-0.2, 0) is 10.0 Å². The smallest absolute Gasteiger partial charge is 0.251 e. The summed E-state index contributed by atoms with van der Waals surface area (Å²) >= 11 is 1.65. The number of thiophene rings is 1. The molecule has 1 unspecified atom stereocenters. The van der Waals surface area contributed by atoms with Crippen molar-refractivity contribution in [3.05, 3.63) is 52.2 Å². The number of rotatable bonds is 8. The van der Waals surface area contributed by atoms with Gasteiger partial charge in [0.25, 0.3) is 5.91 Å². The molecule has 0 aliphatic carbocycles. The fraction of sp³-hybridized carbons (Fsp3) is 0.389. The third-order valence-electron chi connectivity index (χ3n) is 3.77. The zero-order valence-electron chi connectivity index (χ0n) is 15.4. The Kier molecular flexibility index (Phi) is 6.94. The summed E-state index contributed by atoms with van der Waals surface area (Å²) in [5.41, 5.74) is 0.428. The molecule has 0 aliphatic heterocycles. The summed E-state index contributed by atoms with van der Waals surface area (Å²) in [5.74, 6) is -0.228. The zero-order chi connectivity index (χ0) is 19.3. The molecular formula is C18H25N3O3S2. The SMILES string of the molecule is CC(C)NS(=O)(=O)c1ccc(C(=O)NCC(c2cccs2)N(C)C)cc1. The Morgan fingerprint density at radius 3 is 2.31 bits per heavy atom. The van der Waals surface area contributed by atoms with Crippen LogP contribution in [0.1, 0.15) is 35.1 Å². The molecule has 2 N–H and O–H groups in total. The number of nitrogens with one attached hydrogen (secondary N) is 2. The largest absolute Gasteiger partial charge is 0.350 e.